The molecule has 63 heavy (non-hydrogen) atoms. The zero-order valence-corrected chi connectivity index (χ0v) is 36.7. The Balaban J connectivity index is 1.54. The van der Waals surface area contributed by atoms with Gasteiger partial charge in [0.1, 0.15) is 22.6 Å². The lowest BCUT2D eigenvalue weighted by Crippen LogP contribution is -2.67. The van der Waals surface area contributed by atoms with Crippen LogP contribution in [0.1, 0.15) is 46.5 Å². The van der Waals surface area contributed by atoms with Gasteiger partial charge in [-0.05, 0) is 77.5 Å². The summed E-state index contributed by atoms with van der Waals surface area (Å²) in [6, 6.07) is 22.9. The number of Topliss-reactive ketones (excluding diaryl/α,β-unsaturated/α-hetero) is 1. The Morgan fingerprint density at radius 1 is 0.952 bits per heavy atom. The molecule has 17 heteroatoms. The van der Waals surface area contributed by atoms with Gasteiger partial charge in [0.2, 0.25) is 11.7 Å². The molecule has 16 nitrogen and oxygen atoms in total. The van der Waals surface area contributed by atoms with Crippen molar-refractivity contribution in [3.8, 4) is 22.8 Å². The first-order valence-electron chi connectivity index (χ1n) is 20.2. The topological polar surface area (TPSA) is 225 Å². The molecular weight excluding hydrogens is 829 g/mol. The summed E-state index contributed by atoms with van der Waals surface area (Å²) in [5.74, 6) is -3.10. The van der Waals surface area contributed by atoms with Gasteiger partial charge >= 0.3 is 6.09 Å². The van der Waals surface area contributed by atoms with Gasteiger partial charge in [0.15, 0.2) is 17.0 Å². The molecule has 4 aromatic rings. The number of fused-ring (bicyclic) bond motifs is 1. The van der Waals surface area contributed by atoms with Gasteiger partial charge in [0.25, 0.3) is 15.9 Å². The van der Waals surface area contributed by atoms with Crippen LogP contribution < -0.4 is 30.6 Å². The number of nitrogens with one attached hydrogen (secondary N) is 3. The van der Waals surface area contributed by atoms with Crippen molar-refractivity contribution >= 4 is 50.4 Å². The van der Waals surface area contributed by atoms with E-state index in [1.54, 1.807) is 58.2 Å². The highest BCUT2D eigenvalue weighted by molar-refractivity contribution is 7.90. The number of rotatable bonds is 17. The summed E-state index contributed by atoms with van der Waals surface area (Å²) in [5.41, 5.74) is -1.88. The Bertz CT molecular complexity index is 2580. The summed E-state index contributed by atoms with van der Waals surface area (Å²) in [6.07, 6.45) is -0.190. The lowest BCUT2D eigenvalue weighted by atomic mass is 9.81. The van der Waals surface area contributed by atoms with Crippen molar-refractivity contribution in [3.05, 3.63) is 110 Å². The van der Waals surface area contributed by atoms with E-state index in [-0.39, 0.29) is 23.5 Å². The number of likely N-dealkylation sites (tertiary alicyclic amines) is 1. The van der Waals surface area contributed by atoms with Crippen LogP contribution in [0.5, 0.6) is 11.5 Å². The monoisotopic (exact) mass is 880 g/mol. The van der Waals surface area contributed by atoms with E-state index in [2.05, 4.69) is 23.8 Å². The third kappa shape index (κ3) is 8.81. The highest BCUT2D eigenvalue weighted by atomic mass is 32.2. The third-order valence-electron chi connectivity index (χ3n) is 11.3. The number of hydrogen-bond donors (Lipinski definition) is 4. The first-order valence-corrected chi connectivity index (χ1v) is 21.7. The number of ether oxygens (including phenoxy) is 3. The number of amides is 3. The molecule has 1 saturated carbocycles. The minimum absolute atomic E-state index is 0.128. The summed E-state index contributed by atoms with van der Waals surface area (Å²) < 4.78 is 46.7. The number of methoxy groups -OCH3 is 1. The van der Waals surface area contributed by atoms with Crippen LogP contribution in [-0.4, -0.2) is 97.4 Å². The van der Waals surface area contributed by atoms with Crippen molar-refractivity contribution in [1.82, 2.24) is 25.2 Å². The predicted molar refractivity (Wildman–Crippen MR) is 235 cm³/mol. The van der Waals surface area contributed by atoms with Gasteiger partial charge in [-0.25, -0.2) is 22.9 Å². The number of nitrogens with two attached hydrogens (primary N) is 1. The van der Waals surface area contributed by atoms with Crippen LogP contribution in [0, 0.1) is 5.41 Å². The Morgan fingerprint density at radius 2 is 1.62 bits per heavy atom. The van der Waals surface area contributed by atoms with Crippen LogP contribution in [0.4, 0.5) is 4.79 Å². The summed E-state index contributed by atoms with van der Waals surface area (Å²) in [6.45, 7) is 12.1. The number of sulfonamides is 1. The van der Waals surface area contributed by atoms with E-state index in [0.29, 0.717) is 34.5 Å². The lowest BCUT2D eigenvalue weighted by molar-refractivity contribution is -0.148. The van der Waals surface area contributed by atoms with E-state index in [0.717, 1.165) is 17.1 Å². The quantitative estimate of drug-likeness (QED) is 0.0648. The van der Waals surface area contributed by atoms with Gasteiger partial charge in [-0.3, -0.25) is 24.5 Å². The minimum Gasteiger partial charge on any atom is -0.497 e. The van der Waals surface area contributed by atoms with E-state index in [4.69, 9.17) is 24.9 Å². The first kappa shape index (κ1) is 46.1. The fourth-order valence-electron chi connectivity index (χ4n) is 8.02. The van der Waals surface area contributed by atoms with E-state index >= 15 is 4.79 Å². The zero-order valence-electron chi connectivity index (χ0n) is 35.9. The molecule has 0 spiro atoms. The molecule has 3 amide bonds. The molecule has 332 valence electrons. The van der Waals surface area contributed by atoms with Crippen LogP contribution in [0.15, 0.2) is 115 Å². The summed E-state index contributed by atoms with van der Waals surface area (Å²) in [4.78, 5) is 78.8. The largest absolute Gasteiger partial charge is 0.497 e. The molecule has 3 aromatic carbocycles. The number of aromatic nitrogens is 1. The molecule has 0 bridgehead atoms. The fourth-order valence-corrected chi connectivity index (χ4v) is 9.08. The Labute approximate surface area is 366 Å². The molecule has 4 atom stereocenters. The van der Waals surface area contributed by atoms with Crippen molar-refractivity contribution < 1.29 is 46.6 Å². The lowest BCUT2D eigenvalue weighted by Gasteiger charge is -2.40. The number of ketones is 2. The van der Waals surface area contributed by atoms with E-state index in [1.165, 1.54) is 31.4 Å². The van der Waals surface area contributed by atoms with Crippen molar-refractivity contribution in [1.29, 1.82) is 0 Å². The van der Waals surface area contributed by atoms with E-state index < -0.39 is 86.7 Å². The number of nitrogens with zero attached hydrogens (tertiary/aromatic N) is 2. The van der Waals surface area contributed by atoms with E-state index in [9.17, 15) is 27.6 Å². The summed E-state index contributed by atoms with van der Waals surface area (Å²) >= 11 is 0. The maximum atomic E-state index is 15.8. The smallest absolute Gasteiger partial charge is 0.409 e. The average molecular weight is 881 g/mol. The number of hydrogen-bond acceptors (Lipinski definition) is 13. The number of alkyl carbamates (subject to hydrolysis) is 1. The normalized spacial score (nSPS) is 23.0. The molecule has 2 fully saturated rings. The van der Waals surface area contributed by atoms with Crippen molar-refractivity contribution in [3.63, 3.8) is 0 Å². The van der Waals surface area contributed by atoms with Gasteiger partial charge in [-0.15, -0.1) is 6.58 Å². The molecule has 1 aliphatic carbocycles. The molecule has 5 N–H and O–H groups in total. The van der Waals surface area contributed by atoms with Gasteiger partial charge in [-0.2, -0.15) is 0 Å². The van der Waals surface area contributed by atoms with Gasteiger partial charge in [0.05, 0.1) is 35.2 Å². The number of carbonyl (C=O) groups excluding carboxylic acids is 5. The average Bonchev–Trinajstić information content (AvgIpc) is 3.77. The second-order valence-corrected chi connectivity index (χ2v) is 18.4. The van der Waals surface area contributed by atoms with Crippen LogP contribution >= 0.6 is 0 Å². The second kappa shape index (κ2) is 17.4. The SMILES string of the molecule is C=CC(=O)[C@]1(Oc2cc(-c3ccccc3)nc3cc(OC)ccc23)CN(C(=O)CCCNC)[C@](NC(=O)OC(C)(C)C)(C(=O)[C@]2(C=C)C[C@]2(N)C(=O)NS(=O)(=O)c2ccccc2)C1. The molecule has 1 aliphatic heterocycles. The molecule has 1 saturated heterocycles. The molecule has 1 aromatic heterocycles. The third-order valence-corrected chi connectivity index (χ3v) is 12.6. The van der Waals surface area contributed by atoms with Crippen molar-refractivity contribution in [2.24, 2.45) is 11.1 Å². The molecule has 6 rings (SSSR count). The molecule has 0 unspecified atom stereocenters. The number of carbonyl (C=O) groups is 5. The van der Waals surface area contributed by atoms with Gasteiger partial charge in [0, 0.05) is 35.9 Å². The predicted octanol–water partition coefficient (Wildman–Crippen LogP) is 4.58. The first-order chi connectivity index (χ1) is 29.7. The highest BCUT2D eigenvalue weighted by Crippen LogP contribution is 2.60. The fraction of sp³-hybridized carbons (Fsp3) is 0.348. The zero-order chi connectivity index (χ0) is 46.0. The number of pyridine rings is 1. The number of benzene rings is 3. The maximum Gasteiger partial charge on any atom is 0.409 e. The highest BCUT2D eigenvalue weighted by Gasteiger charge is 2.78. The molecule has 2 aliphatic rings. The Hall–Kier alpha value is -6.43. The second-order valence-electron chi connectivity index (χ2n) is 16.7. The van der Waals surface area contributed by atoms with Gasteiger partial charge < -0.3 is 30.2 Å². The van der Waals surface area contributed by atoms with Crippen LogP contribution in [-0.2, 0) is 33.9 Å². The molecular formula is C46H52N6O10S. The van der Waals surface area contributed by atoms with Crippen LogP contribution in [0.3, 0.4) is 0 Å². The summed E-state index contributed by atoms with van der Waals surface area (Å²) in [7, 11) is -1.28. The van der Waals surface area contributed by atoms with Crippen LogP contribution in [0.2, 0.25) is 0 Å². The Morgan fingerprint density at radius 3 is 2.22 bits per heavy atom. The van der Waals surface area contributed by atoms with Crippen molar-refractivity contribution in [2.45, 2.75) is 73.8 Å². The van der Waals surface area contributed by atoms with Crippen LogP contribution in [0.25, 0.3) is 22.2 Å². The maximum absolute atomic E-state index is 15.8. The molecule has 2 heterocycles. The Kier molecular flexibility index (Phi) is 12.7. The summed E-state index contributed by atoms with van der Waals surface area (Å²) in [5, 5.41) is 6.05. The standard InChI is InChI=1S/C46H52N6O10S/c1-8-37(53)44(61-36-26-34(30-17-12-10-13-18-30)49-35-25-31(60-7)22-23-33(35)36)28-46(50-41(57)62-42(3,4)5,52(29-44)38(54)21-16-24-48-6)39(55)43(9-2)27-45(43,47)40(56)51-63(58,59)32-19-14-11-15-20-32/h8-15,17-20,22-23,25-26,48H,1-2,16,21,24,27-29,47H2,3-7H3,(H,50,57)(H,51,56)/t43-,44+,45-,46-/m0/s1. The van der Waals surface area contributed by atoms with E-state index in [1.807, 2.05) is 35.1 Å². The minimum atomic E-state index is -4.49. The van der Waals surface area contributed by atoms with Crippen molar-refractivity contribution in [2.75, 3.05) is 27.2 Å². The van der Waals surface area contributed by atoms with Gasteiger partial charge in [-0.1, -0.05) is 61.2 Å². The molecule has 0 radical (unpaired) electrons.